The highest BCUT2D eigenvalue weighted by molar-refractivity contribution is 4.91. The third kappa shape index (κ3) is 3.50. The Bertz CT molecular complexity index is 240. The van der Waals surface area contributed by atoms with E-state index in [4.69, 9.17) is 12.3 Å². The fourth-order valence-corrected chi connectivity index (χ4v) is 3.09. The Balaban J connectivity index is 2.53. The van der Waals surface area contributed by atoms with Crippen LogP contribution in [0.25, 0.3) is 0 Å². The van der Waals surface area contributed by atoms with E-state index in [1.807, 2.05) is 0 Å². The van der Waals surface area contributed by atoms with Crippen LogP contribution in [0.5, 0.6) is 0 Å². The van der Waals surface area contributed by atoms with Gasteiger partial charge in [-0.15, -0.1) is 12.3 Å². The molecule has 0 heterocycles. The normalized spacial score (nSPS) is 26.0. The summed E-state index contributed by atoms with van der Waals surface area (Å²) >= 11 is 0. The Hall–Kier alpha value is -0.520. The average Bonchev–Trinajstić information content (AvgIpc) is 2.25. The Morgan fingerprint density at radius 3 is 2.81 bits per heavy atom. The molecule has 92 valence electrons. The number of terminal acetylenes is 1. The molecule has 0 aromatic carbocycles. The summed E-state index contributed by atoms with van der Waals surface area (Å²) in [6.45, 7) is 4.75. The van der Waals surface area contributed by atoms with Crippen LogP contribution < -0.4 is 11.3 Å². The van der Waals surface area contributed by atoms with Gasteiger partial charge in [-0.05, 0) is 37.0 Å². The van der Waals surface area contributed by atoms with Crippen molar-refractivity contribution in [3.63, 3.8) is 0 Å². The zero-order valence-electron chi connectivity index (χ0n) is 10.8. The second-order valence-corrected chi connectivity index (χ2v) is 5.71. The molecule has 0 radical (unpaired) electrons. The van der Waals surface area contributed by atoms with Crippen molar-refractivity contribution in [1.82, 2.24) is 5.43 Å². The molecule has 0 saturated heterocycles. The minimum absolute atomic E-state index is 0.422. The molecule has 0 spiro atoms. The molecule has 0 aromatic heterocycles. The van der Waals surface area contributed by atoms with Crippen LogP contribution in [-0.4, -0.2) is 6.04 Å². The quantitative estimate of drug-likeness (QED) is 0.325. The Morgan fingerprint density at radius 2 is 2.25 bits per heavy atom. The summed E-state index contributed by atoms with van der Waals surface area (Å²) < 4.78 is 0. The molecule has 1 saturated carbocycles. The maximum atomic E-state index is 5.71. The predicted octanol–water partition coefficient (Wildman–Crippen LogP) is 2.84. The molecule has 1 aliphatic rings. The second-order valence-electron chi connectivity index (χ2n) is 5.71. The van der Waals surface area contributed by atoms with Crippen molar-refractivity contribution < 1.29 is 0 Å². The summed E-state index contributed by atoms with van der Waals surface area (Å²) in [5.41, 5.74) is 3.44. The molecule has 1 fully saturated rings. The second kappa shape index (κ2) is 6.27. The van der Waals surface area contributed by atoms with Gasteiger partial charge < -0.3 is 0 Å². The molecule has 1 rings (SSSR count). The molecule has 0 bridgehead atoms. The van der Waals surface area contributed by atoms with Gasteiger partial charge in [0.25, 0.3) is 0 Å². The summed E-state index contributed by atoms with van der Waals surface area (Å²) in [5, 5.41) is 0. The van der Waals surface area contributed by atoms with Crippen molar-refractivity contribution in [2.45, 2.75) is 64.8 Å². The van der Waals surface area contributed by atoms with Crippen LogP contribution in [-0.2, 0) is 0 Å². The van der Waals surface area contributed by atoms with Gasteiger partial charge in [0.15, 0.2) is 0 Å². The van der Waals surface area contributed by atoms with Crippen LogP contribution in [0.15, 0.2) is 0 Å². The summed E-state index contributed by atoms with van der Waals surface area (Å²) in [7, 11) is 0. The van der Waals surface area contributed by atoms with E-state index in [0.29, 0.717) is 17.4 Å². The molecule has 2 heteroatoms. The van der Waals surface area contributed by atoms with Gasteiger partial charge in [0.1, 0.15) is 0 Å². The molecular formula is C14H26N2. The minimum Gasteiger partial charge on any atom is -0.271 e. The van der Waals surface area contributed by atoms with E-state index in [-0.39, 0.29) is 0 Å². The smallest absolute Gasteiger partial charge is 0.0244 e. The van der Waals surface area contributed by atoms with Gasteiger partial charge in [0, 0.05) is 12.5 Å². The lowest BCUT2D eigenvalue weighted by Crippen LogP contribution is -2.47. The van der Waals surface area contributed by atoms with E-state index in [0.717, 1.165) is 19.3 Å². The fraction of sp³-hybridized carbons (Fsp3) is 0.857. The highest BCUT2D eigenvalue weighted by Crippen LogP contribution is 2.43. The van der Waals surface area contributed by atoms with Gasteiger partial charge >= 0.3 is 0 Å². The first-order chi connectivity index (χ1) is 7.61. The average molecular weight is 222 g/mol. The van der Waals surface area contributed by atoms with Gasteiger partial charge in [-0.3, -0.25) is 11.3 Å². The van der Waals surface area contributed by atoms with Crippen molar-refractivity contribution >= 4 is 0 Å². The third-order valence-electron chi connectivity index (χ3n) is 4.13. The van der Waals surface area contributed by atoms with Crippen molar-refractivity contribution in [3.05, 3.63) is 0 Å². The van der Waals surface area contributed by atoms with Crippen molar-refractivity contribution in [2.24, 2.45) is 17.2 Å². The number of nitrogens with one attached hydrogen (secondary N) is 1. The van der Waals surface area contributed by atoms with Crippen LogP contribution in [0.1, 0.15) is 58.8 Å². The lowest BCUT2D eigenvalue weighted by molar-refractivity contribution is 0.0940. The van der Waals surface area contributed by atoms with Gasteiger partial charge in [-0.2, -0.15) is 0 Å². The summed E-state index contributed by atoms with van der Waals surface area (Å²) in [5.74, 6) is 9.11. The zero-order chi connectivity index (χ0) is 12.0. The lowest BCUT2D eigenvalue weighted by atomic mass is 9.65. The van der Waals surface area contributed by atoms with Gasteiger partial charge in [0.05, 0.1) is 0 Å². The topological polar surface area (TPSA) is 38.0 Å². The third-order valence-corrected chi connectivity index (χ3v) is 4.13. The van der Waals surface area contributed by atoms with Gasteiger partial charge in [0.2, 0.25) is 0 Å². The van der Waals surface area contributed by atoms with Crippen LogP contribution in [0, 0.1) is 23.7 Å². The number of rotatable bonds is 5. The van der Waals surface area contributed by atoms with E-state index in [1.54, 1.807) is 0 Å². The van der Waals surface area contributed by atoms with Crippen LogP contribution in [0.4, 0.5) is 0 Å². The van der Waals surface area contributed by atoms with E-state index in [1.165, 1.54) is 25.7 Å². The standard InChI is InChI=1S/C14H26N2/c1-4-5-6-10-13(16-15)12-9-7-8-11-14(12,2)3/h1,12-13,16H,5-11,15H2,2-3H3. The molecule has 3 N–H and O–H groups in total. The molecule has 0 aromatic rings. The maximum Gasteiger partial charge on any atom is 0.0244 e. The van der Waals surface area contributed by atoms with E-state index >= 15 is 0 Å². The summed E-state index contributed by atoms with van der Waals surface area (Å²) in [6, 6.07) is 0.434. The first-order valence-electron chi connectivity index (χ1n) is 6.51. The highest BCUT2D eigenvalue weighted by Gasteiger charge is 2.36. The predicted molar refractivity (Wildman–Crippen MR) is 69.5 cm³/mol. The molecule has 16 heavy (non-hydrogen) atoms. The van der Waals surface area contributed by atoms with Crippen molar-refractivity contribution in [3.8, 4) is 12.3 Å². The lowest BCUT2D eigenvalue weighted by Gasteiger charge is -2.43. The van der Waals surface area contributed by atoms with Gasteiger partial charge in [-0.25, -0.2) is 0 Å². The largest absolute Gasteiger partial charge is 0.271 e. The number of hydrogen-bond donors (Lipinski definition) is 2. The van der Waals surface area contributed by atoms with Crippen molar-refractivity contribution in [1.29, 1.82) is 0 Å². The number of nitrogens with two attached hydrogens (primary N) is 1. The Morgan fingerprint density at radius 1 is 1.50 bits per heavy atom. The number of hydrazine groups is 1. The zero-order valence-corrected chi connectivity index (χ0v) is 10.8. The van der Waals surface area contributed by atoms with Crippen LogP contribution in [0.3, 0.4) is 0 Å². The highest BCUT2D eigenvalue weighted by atomic mass is 15.2. The number of unbranched alkanes of at least 4 members (excludes halogenated alkanes) is 1. The molecule has 2 unspecified atom stereocenters. The first kappa shape index (κ1) is 13.5. The SMILES string of the molecule is C#CCCCC(NN)C1CCCCC1(C)C. The minimum atomic E-state index is 0.422. The summed E-state index contributed by atoms with van der Waals surface area (Å²) in [4.78, 5) is 0. The molecule has 1 aliphatic carbocycles. The Labute approximate surface area is 100 Å². The molecule has 2 nitrogen and oxygen atoms in total. The maximum absolute atomic E-state index is 5.71. The van der Waals surface area contributed by atoms with Gasteiger partial charge in [-0.1, -0.05) is 26.7 Å². The van der Waals surface area contributed by atoms with Crippen LogP contribution in [0.2, 0.25) is 0 Å². The number of hydrogen-bond acceptors (Lipinski definition) is 2. The Kier molecular flexibility index (Phi) is 5.31. The molecule has 0 aliphatic heterocycles. The van der Waals surface area contributed by atoms with Crippen LogP contribution >= 0.6 is 0 Å². The van der Waals surface area contributed by atoms with E-state index in [2.05, 4.69) is 25.2 Å². The molecule has 2 atom stereocenters. The summed E-state index contributed by atoms with van der Waals surface area (Å²) in [6.07, 6.45) is 13.7. The molecular weight excluding hydrogens is 196 g/mol. The molecule has 0 amide bonds. The monoisotopic (exact) mass is 222 g/mol. The first-order valence-corrected chi connectivity index (χ1v) is 6.51. The van der Waals surface area contributed by atoms with E-state index in [9.17, 15) is 0 Å². The van der Waals surface area contributed by atoms with E-state index < -0.39 is 0 Å². The fourth-order valence-electron chi connectivity index (χ4n) is 3.09. The van der Waals surface area contributed by atoms with Crippen molar-refractivity contribution in [2.75, 3.05) is 0 Å².